The lowest BCUT2D eigenvalue weighted by Gasteiger charge is -2.12. The Morgan fingerprint density at radius 3 is 2.81 bits per heavy atom. The molecule has 0 spiro atoms. The summed E-state index contributed by atoms with van der Waals surface area (Å²) in [5, 5.41) is 13.1. The van der Waals surface area contributed by atoms with E-state index in [4.69, 9.17) is 9.47 Å². The Morgan fingerprint density at radius 1 is 1.37 bits per heavy atom. The SMILES string of the molecule is COCc1cc(C)n(CC(=O)NN=Cc2cccc(OC)c2)c(=O)c1C#N. The molecule has 27 heavy (non-hydrogen) atoms. The molecule has 8 heteroatoms. The van der Waals surface area contributed by atoms with Crippen molar-refractivity contribution in [2.24, 2.45) is 5.10 Å². The number of nitriles is 1. The maximum atomic E-state index is 12.5. The molecule has 1 aromatic carbocycles. The van der Waals surface area contributed by atoms with E-state index < -0.39 is 11.5 Å². The zero-order chi connectivity index (χ0) is 19.8. The fraction of sp³-hybridized carbons (Fsp3) is 0.263. The number of hydrogen-bond acceptors (Lipinski definition) is 6. The van der Waals surface area contributed by atoms with Crippen LogP contribution in [0.4, 0.5) is 0 Å². The lowest BCUT2D eigenvalue weighted by molar-refractivity contribution is -0.121. The van der Waals surface area contributed by atoms with Crippen LogP contribution in [0.2, 0.25) is 0 Å². The number of methoxy groups -OCH3 is 2. The molecule has 0 fully saturated rings. The van der Waals surface area contributed by atoms with Gasteiger partial charge in [-0.2, -0.15) is 10.4 Å². The molecule has 2 rings (SSSR count). The normalized spacial score (nSPS) is 10.6. The van der Waals surface area contributed by atoms with Crippen molar-refractivity contribution in [1.82, 2.24) is 9.99 Å². The van der Waals surface area contributed by atoms with E-state index in [1.807, 2.05) is 6.07 Å². The lowest BCUT2D eigenvalue weighted by atomic mass is 10.1. The fourth-order valence-electron chi connectivity index (χ4n) is 2.50. The predicted molar refractivity (Wildman–Crippen MR) is 99.6 cm³/mol. The van der Waals surface area contributed by atoms with E-state index >= 15 is 0 Å². The van der Waals surface area contributed by atoms with Gasteiger partial charge < -0.3 is 14.0 Å². The molecule has 0 atom stereocenters. The van der Waals surface area contributed by atoms with Crippen molar-refractivity contribution in [3.8, 4) is 11.8 Å². The number of nitrogens with one attached hydrogen (secondary N) is 1. The maximum absolute atomic E-state index is 12.5. The van der Waals surface area contributed by atoms with Crippen LogP contribution in [0.3, 0.4) is 0 Å². The zero-order valence-electron chi connectivity index (χ0n) is 15.4. The average Bonchev–Trinajstić information content (AvgIpc) is 2.66. The Morgan fingerprint density at radius 2 is 2.15 bits per heavy atom. The minimum atomic E-state index is -0.531. The second kappa shape index (κ2) is 9.31. The molecule has 0 unspecified atom stereocenters. The number of ether oxygens (including phenoxy) is 2. The Kier molecular flexibility index (Phi) is 6.86. The first-order chi connectivity index (χ1) is 13.0. The number of hydrogen-bond donors (Lipinski definition) is 1. The third-order valence-electron chi connectivity index (χ3n) is 3.80. The first-order valence-electron chi connectivity index (χ1n) is 8.08. The number of carbonyl (C=O) groups is 1. The van der Waals surface area contributed by atoms with Crippen molar-refractivity contribution >= 4 is 12.1 Å². The molecular weight excluding hydrogens is 348 g/mol. The summed E-state index contributed by atoms with van der Waals surface area (Å²) in [6.45, 7) is 1.59. The summed E-state index contributed by atoms with van der Waals surface area (Å²) in [5.74, 6) is 0.190. The number of amides is 1. The summed E-state index contributed by atoms with van der Waals surface area (Å²) in [6.07, 6.45) is 1.47. The highest BCUT2D eigenvalue weighted by Crippen LogP contribution is 2.11. The molecule has 1 aromatic heterocycles. The molecule has 0 radical (unpaired) electrons. The van der Waals surface area contributed by atoms with Gasteiger partial charge in [0.05, 0.1) is 19.9 Å². The van der Waals surface area contributed by atoms with Crippen LogP contribution in [-0.2, 0) is 22.7 Å². The first-order valence-corrected chi connectivity index (χ1v) is 8.08. The molecular formula is C19H20N4O4. The van der Waals surface area contributed by atoms with Gasteiger partial charge in [0, 0.05) is 18.4 Å². The molecule has 0 bridgehead atoms. The van der Waals surface area contributed by atoms with E-state index in [9.17, 15) is 14.9 Å². The number of pyridine rings is 1. The summed E-state index contributed by atoms with van der Waals surface area (Å²) in [6, 6.07) is 10.7. The van der Waals surface area contributed by atoms with Gasteiger partial charge in [-0.1, -0.05) is 12.1 Å². The van der Waals surface area contributed by atoms with Gasteiger partial charge in [0.1, 0.15) is 23.9 Å². The standard InChI is InChI=1S/C19H20N4O4/c1-13-7-15(12-26-2)17(9-20)19(25)23(13)11-18(24)22-21-10-14-5-4-6-16(8-14)27-3/h4-8,10H,11-12H2,1-3H3,(H,22,24). The van der Waals surface area contributed by atoms with Crippen molar-refractivity contribution in [2.75, 3.05) is 14.2 Å². The Balaban J connectivity index is 2.12. The van der Waals surface area contributed by atoms with Crippen molar-refractivity contribution in [3.63, 3.8) is 0 Å². The van der Waals surface area contributed by atoms with Gasteiger partial charge in [-0.25, -0.2) is 5.43 Å². The molecule has 0 saturated carbocycles. The monoisotopic (exact) mass is 368 g/mol. The van der Waals surface area contributed by atoms with Crippen molar-refractivity contribution in [2.45, 2.75) is 20.1 Å². The number of rotatable bonds is 7. The number of nitrogens with zero attached hydrogens (tertiary/aromatic N) is 3. The molecule has 8 nitrogen and oxygen atoms in total. The smallest absolute Gasteiger partial charge is 0.269 e. The molecule has 0 aliphatic heterocycles. The largest absolute Gasteiger partial charge is 0.497 e. The van der Waals surface area contributed by atoms with Crippen LogP contribution in [0.1, 0.15) is 22.4 Å². The quantitative estimate of drug-likeness (QED) is 0.586. The highest BCUT2D eigenvalue weighted by atomic mass is 16.5. The summed E-state index contributed by atoms with van der Waals surface area (Å²) in [5.41, 5.74) is 3.61. The Bertz CT molecular complexity index is 957. The van der Waals surface area contributed by atoms with Gasteiger partial charge in [-0.05, 0) is 30.7 Å². The topological polar surface area (TPSA) is 106 Å². The molecule has 1 heterocycles. The molecule has 0 saturated heterocycles. The van der Waals surface area contributed by atoms with E-state index in [-0.39, 0.29) is 18.7 Å². The molecule has 1 amide bonds. The van der Waals surface area contributed by atoms with E-state index in [0.29, 0.717) is 17.0 Å². The summed E-state index contributed by atoms with van der Waals surface area (Å²) in [7, 11) is 3.04. The number of benzene rings is 1. The summed E-state index contributed by atoms with van der Waals surface area (Å²) < 4.78 is 11.4. The van der Waals surface area contributed by atoms with E-state index in [1.54, 1.807) is 44.4 Å². The van der Waals surface area contributed by atoms with Gasteiger partial charge in [0.25, 0.3) is 11.5 Å². The van der Waals surface area contributed by atoms with Crippen molar-refractivity contribution in [1.29, 1.82) is 5.26 Å². The maximum Gasteiger partial charge on any atom is 0.269 e. The number of aryl methyl sites for hydroxylation is 1. The molecule has 0 aliphatic rings. The minimum absolute atomic E-state index is 0.0323. The van der Waals surface area contributed by atoms with Crippen molar-refractivity contribution in [3.05, 3.63) is 63.1 Å². The zero-order valence-corrected chi connectivity index (χ0v) is 15.4. The van der Waals surface area contributed by atoms with Crippen LogP contribution in [0.25, 0.3) is 0 Å². The lowest BCUT2D eigenvalue weighted by Crippen LogP contribution is -2.33. The summed E-state index contributed by atoms with van der Waals surface area (Å²) >= 11 is 0. The van der Waals surface area contributed by atoms with Crippen LogP contribution in [0.15, 0.2) is 40.2 Å². The summed E-state index contributed by atoms with van der Waals surface area (Å²) in [4.78, 5) is 24.6. The number of aromatic nitrogens is 1. The van der Waals surface area contributed by atoms with Crippen LogP contribution >= 0.6 is 0 Å². The molecule has 140 valence electrons. The second-order valence-electron chi connectivity index (χ2n) is 5.69. The van der Waals surface area contributed by atoms with Gasteiger partial charge >= 0.3 is 0 Å². The Labute approximate surface area is 156 Å². The van der Waals surface area contributed by atoms with Crippen molar-refractivity contribution < 1.29 is 14.3 Å². The van der Waals surface area contributed by atoms with E-state index in [2.05, 4.69) is 10.5 Å². The van der Waals surface area contributed by atoms with Crippen LogP contribution in [0, 0.1) is 18.3 Å². The predicted octanol–water partition coefficient (Wildman–Crippen LogP) is 1.33. The average molecular weight is 368 g/mol. The minimum Gasteiger partial charge on any atom is -0.497 e. The highest BCUT2D eigenvalue weighted by Gasteiger charge is 2.14. The molecule has 2 aromatic rings. The number of carbonyl (C=O) groups excluding carboxylic acids is 1. The van der Waals surface area contributed by atoms with Gasteiger partial charge in [-0.3, -0.25) is 9.59 Å². The van der Waals surface area contributed by atoms with Crippen LogP contribution < -0.4 is 15.7 Å². The van der Waals surface area contributed by atoms with Crippen LogP contribution in [0.5, 0.6) is 5.75 Å². The van der Waals surface area contributed by atoms with E-state index in [1.165, 1.54) is 17.9 Å². The van der Waals surface area contributed by atoms with Crippen LogP contribution in [-0.4, -0.2) is 30.9 Å². The highest BCUT2D eigenvalue weighted by molar-refractivity contribution is 5.82. The first kappa shape index (κ1) is 19.9. The van der Waals surface area contributed by atoms with Gasteiger partial charge in [-0.15, -0.1) is 0 Å². The fourth-order valence-corrected chi connectivity index (χ4v) is 2.50. The molecule has 0 aliphatic carbocycles. The third-order valence-corrected chi connectivity index (χ3v) is 3.80. The van der Waals surface area contributed by atoms with Gasteiger partial charge in [0.15, 0.2) is 0 Å². The molecule has 1 N–H and O–H groups in total. The van der Waals surface area contributed by atoms with Gasteiger partial charge in [0.2, 0.25) is 0 Å². The number of hydrazone groups is 1. The Hall–Kier alpha value is -3.44. The second-order valence-corrected chi connectivity index (χ2v) is 5.69. The third kappa shape index (κ3) is 5.03. The van der Waals surface area contributed by atoms with E-state index in [0.717, 1.165) is 5.56 Å².